The normalized spacial score (nSPS) is 11.0. The van der Waals surface area contributed by atoms with E-state index < -0.39 is 0 Å². The summed E-state index contributed by atoms with van der Waals surface area (Å²) in [6, 6.07) is 0. The van der Waals surface area contributed by atoms with Crippen LogP contribution >= 0.6 is 0 Å². The van der Waals surface area contributed by atoms with Crippen molar-refractivity contribution in [3.8, 4) is 5.75 Å². The highest BCUT2D eigenvalue weighted by atomic mass is 16.5. The zero-order valence-electron chi connectivity index (χ0n) is 9.99. The van der Waals surface area contributed by atoms with Gasteiger partial charge in [-0.05, 0) is 6.92 Å². The van der Waals surface area contributed by atoms with Gasteiger partial charge in [-0.25, -0.2) is 0 Å². The molecule has 0 fully saturated rings. The number of nitrogens with two attached hydrogens (primary N) is 1. The number of aryl methyl sites for hydroxylation is 1. The van der Waals surface area contributed by atoms with Crippen LogP contribution in [0.15, 0.2) is 12.3 Å². The third kappa shape index (κ3) is 2.81. The van der Waals surface area contributed by atoms with Crippen molar-refractivity contribution in [3.63, 3.8) is 0 Å². The minimum absolute atomic E-state index is 0.497. The maximum Gasteiger partial charge on any atom is 0.147 e. The molecule has 16 heavy (non-hydrogen) atoms. The molecular formula is C12H18N2O2. The maximum atomic E-state index is 5.46. The van der Waals surface area contributed by atoms with Crippen molar-refractivity contribution in [1.82, 2.24) is 4.98 Å². The Balaban J connectivity index is 3.23. The summed E-state index contributed by atoms with van der Waals surface area (Å²) in [5, 5.41) is 0. The Morgan fingerprint density at radius 2 is 2.19 bits per heavy atom. The third-order valence-electron chi connectivity index (χ3n) is 2.26. The van der Waals surface area contributed by atoms with E-state index in [2.05, 4.69) is 4.98 Å². The molecule has 88 valence electrons. The van der Waals surface area contributed by atoms with Gasteiger partial charge in [0.2, 0.25) is 0 Å². The van der Waals surface area contributed by atoms with Gasteiger partial charge in [-0.2, -0.15) is 0 Å². The standard InChI is InChI=1S/C12H18N2O2/c1-9-12(16-3)11(5-4-6-13)10(7-14-9)8-15-2/h4-5,7H,6,8,13H2,1-3H3/b5-4+. The van der Waals surface area contributed by atoms with Crippen LogP contribution in [0.4, 0.5) is 0 Å². The van der Waals surface area contributed by atoms with Gasteiger partial charge in [0.25, 0.3) is 0 Å². The molecular weight excluding hydrogens is 204 g/mol. The number of nitrogens with zero attached hydrogens (tertiary/aromatic N) is 1. The summed E-state index contributed by atoms with van der Waals surface area (Å²) in [5.41, 5.74) is 8.30. The summed E-state index contributed by atoms with van der Waals surface area (Å²) in [6.45, 7) is 2.92. The Labute approximate surface area is 96.1 Å². The van der Waals surface area contributed by atoms with Crippen LogP contribution < -0.4 is 10.5 Å². The molecule has 0 unspecified atom stereocenters. The van der Waals surface area contributed by atoms with Crippen molar-refractivity contribution in [3.05, 3.63) is 29.1 Å². The lowest BCUT2D eigenvalue weighted by Crippen LogP contribution is -2.01. The van der Waals surface area contributed by atoms with E-state index in [0.717, 1.165) is 22.6 Å². The fourth-order valence-electron chi connectivity index (χ4n) is 1.54. The fourth-order valence-corrected chi connectivity index (χ4v) is 1.54. The van der Waals surface area contributed by atoms with E-state index in [0.29, 0.717) is 13.2 Å². The summed E-state index contributed by atoms with van der Waals surface area (Å²) in [6.07, 6.45) is 5.63. The van der Waals surface area contributed by atoms with Crippen LogP contribution in [0.5, 0.6) is 5.75 Å². The van der Waals surface area contributed by atoms with Crippen molar-refractivity contribution in [2.75, 3.05) is 20.8 Å². The zero-order valence-corrected chi connectivity index (χ0v) is 9.99. The van der Waals surface area contributed by atoms with Gasteiger partial charge in [0.15, 0.2) is 0 Å². The first kappa shape index (κ1) is 12.7. The number of rotatable bonds is 5. The van der Waals surface area contributed by atoms with Crippen LogP contribution in [0.3, 0.4) is 0 Å². The third-order valence-corrected chi connectivity index (χ3v) is 2.26. The smallest absolute Gasteiger partial charge is 0.147 e. The average molecular weight is 222 g/mol. The zero-order chi connectivity index (χ0) is 12.0. The molecule has 1 aromatic rings. The van der Waals surface area contributed by atoms with Gasteiger partial charge >= 0.3 is 0 Å². The number of ether oxygens (including phenoxy) is 2. The van der Waals surface area contributed by atoms with Gasteiger partial charge < -0.3 is 15.2 Å². The van der Waals surface area contributed by atoms with Crippen LogP contribution in [-0.2, 0) is 11.3 Å². The van der Waals surface area contributed by atoms with Gasteiger partial charge in [0, 0.05) is 31.0 Å². The Hall–Kier alpha value is -1.39. The number of pyridine rings is 1. The van der Waals surface area contributed by atoms with E-state index in [9.17, 15) is 0 Å². The molecule has 0 aromatic carbocycles. The molecule has 1 heterocycles. The average Bonchev–Trinajstić information content (AvgIpc) is 2.29. The number of aromatic nitrogens is 1. The highest BCUT2D eigenvalue weighted by Gasteiger charge is 2.10. The van der Waals surface area contributed by atoms with Crippen LogP contribution in [0, 0.1) is 6.92 Å². The molecule has 0 spiro atoms. The van der Waals surface area contributed by atoms with E-state index in [1.807, 2.05) is 19.1 Å². The molecule has 0 aliphatic rings. The summed E-state index contributed by atoms with van der Waals surface area (Å²) in [5.74, 6) is 0.777. The molecule has 1 rings (SSSR count). The Morgan fingerprint density at radius 3 is 2.75 bits per heavy atom. The van der Waals surface area contributed by atoms with Gasteiger partial charge in [0.05, 0.1) is 19.4 Å². The first-order chi connectivity index (χ1) is 7.74. The van der Waals surface area contributed by atoms with Crippen LogP contribution in [-0.4, -0.2) is 25.7 Å². The van der Waals surface area contributed by atoms with Gasteiger partial charge in [0.1, 0.15) is 5.75 Å². The molecule has 4 nitrogen and oxygen atoms in total. The largest absolute Gasteiger partial charge is 0.494 e. The second-order valence-electron chi connectivity index (χ2n) is 3.39. The van der Waals surface area contributed by atoms with E-state index in [1.54, 1.807) is 20.4 Å². The molecule has 0 radical (unpaired) electrons. The first-order valence-electron chi connectivity index (χ1n) is 5.12. The molecule has 0 aliphatic carbocycles. The van der Waals surface area contributed by atoms with E-state index in [-0.39, 0.29) is 0 Å². The molecule has 0 saturated heterocycles. The fraction of sp³-hybridized carbons (Fsp3) is 0.417. The van der Waals surface area contributed by atoms with Gasteiger partial charge in [-0.3, -0.25) is 4.98 Å². The van der Waals surface area contributed by atoms with Crippen molar-refractivity contribution in [1.29, 1.82) is 0 Å². The van der Waals surface area contributed by atoms with Crippen LogP contribution in [0.1, 0.15) is 16.8 Å². The molecule has 0 aliphatic heterocycles. The topological polar surface area (TPSA) is 57.4 Å². The lowest BCUT2D eigenvalue weighted by Gasteiger charge is -2.12. The van der Waals surface area contributed by atoms with Crippen LogP contribution in [0.2, 0.25) is 0 Å². The summed E-state index contributed by atoms with van der Waals surface area (Å²) in [4.78, 5) is 4.27. The van der Waals surface area contributed by atoms with Gasteiger partial charge in [-0.1, -0.05) is 12.2 Å². The minimum Gasteiger partial charge on any atom is -0.494 e. The molecule has 2 N–H and O–H groups in total. The monoisotopic (exact) mass is 222 g/mol. The second kappa shape index (κ2) is 6.25. The Bertz CT molecular complexity index is 376. The Morgan fingerprint density at radius 1 is 1.44 bits per heavy atom. The number of methoxy groups -OCH3 is 2. The summed E-state index contributed by atoms with van der Waals surface area (Å²) in [7, 11) is 3.29. The summed E-state index contributed by atoms with van der Waals surface area (Å²) >= 11 is 0. The number of hydrogen-bond acceptors (Lipinski definition) is 4. The van der Waals surface area contributed by atoms with Crippen molar-refractivity contribution >= 4 is 6.08 Å². The lowest BCUT2D eigenvalue weighted by atomic mass is 10.1. The Kier molecular flexibility index (Phi) is 4.95. The van der Waals surface area contributed by atoms with Gasteiger partial charge in [-0.15, -0.1) is 0 Å². The number of hydrogen-bond donors (Lipinski definition) is 1. The molecule has 0 atom stereocenters. The highest BCUT2D eigenvalue weighted by Crippen LogP contribution is 2.26. The molecule has 1 aromatic heterocycles. The maximum absolute atomic E-state index is 5.46. The summed E-state index contributed by atoms with van der Waals surface area (Å²) < 4.78 is 10.5. The molecule has 0 saturated carbocycles. The predicted molar refractivity (Wildman–Crippen MR) is 64.3 cm³/mol. The molecule has 0 amide bonds. The lowest BCUT2D eigenvalue weighted by molar-refractivity contribution is 0.184. The van der Waals surface area contributed by atoms with Crippen LogP contribution in [0.25, 0.3) is 6.08 Å². The first-order valence-corrected chi connectivity index (χ1v) is 5.12. The van der Waals surface area contributed by atoms with E-state index in [1.165, 1.54) is 0 Å². The van der Waals surface area contributed by atoms with E-state index in [4.69, 9.17) is 15.2 Å². The predicted octanol–water partition coefficient (Wildman–Crippen LogP) is 1.52. The minimum atomic E-state index is 0.497. The second-order valence-corrected chi connectivity index (χ2v) is 3.39. The molecule has 0 bridgehead atoms. The molecule has 4 heteroatoms. The van der Waals surface area contributed by atoms with E-state index >= 15 is 0 Å². The van der Waals surface area contributed by atoms with Crippen molar-refractivity contribution in [2.45, 2.75) is 13.5 Å². The van der Waals surface area contributed by atoms with Crippen molar-refractivity contribution < 1.29 is 9.47 Å². The quantitative estimate of drug-likeness (QED) is 0.820. The van der Waals surface area contributed by atoms with Crippen molar-refractivity contribution in [2.24, 2.45) is 5.73 Å². The highest BCUT2D eigenvalue weighted by molar-refractivity contribution is 5.62. The SMILES string of the molecule is COCc1cnc(C)c(OC)c1/C=C/CN.